The fourth-order valence-corrected chi connectivity index (χ4v) is 12.7. The molecule has 4 saturated heterocycles. The van der Waals surface area contributed by atoms with Gasteiger partial charge in [-0.05, 0) is 114 Å². The molecule has 2 aliphatic carbocycles. The van der Waals surface area contributed by atoms with E-state index in [1.807, 2.05) is 9.80 Å². The number of hydrogen-bond donors (Lipinski definition) is 0. The minimum atomic E-state index is -5.10. The summed E-state index contributed by atoms with van der Waals surface area (Å²) in [6.45, 7) is 13.9. The van der Waals surface area contributed by atoms with Crippen LogP contribution in [-0.2, 0) is 29.9 Å². The molecule has 416 valence electrons. The monoisotopic (exact) mass is 1090 g/mol. The van der Waals surface area contributed by atoms with Gasteiger partial charge in [-0.3, -0.25) is 9.59 Å². The van der Waals surface area contributed by atoms with Crippen LogP contribution < -0.4 is 9.80 Å². The first-order chi connectivity index (χ1) is 36.3. The molecule has 0 aromatic heterocycles. The van der Waals surface area contributed by atoms with E-state index in [1.54, 1.807) is 65.8 Å². The Bertz CT molecular complexity index is 2510. The number of carbonyl (C=O) groups is 4. The van der Waals surface area contributed by atoms with E-state index in [4.69, 9.17) is 9.47 Å². The van der Waals surface area contributed by atoms with Crippen molar-refractivity contribution in [3.63, 3.8) is 0 Å². The van der Waals surface area contributed by atoms with Crippen LogP contribution in [0.5, 0.6) is 0 Å². The number of carbonyl (C=O) groups excluding carboxylic acids is 4. The predicted molar refractivity (Wildman–Crippen MR) is 288 cm³/mol. The van der Waals surface area contributed by atoms with Gasteiger partial charge < -0.3 is 38.9 Å². The number of amides is 4. The van der Waals surface area contributed by atoms with E-state index in [2.05, 4.69) is 0 Å². The van der Waals surface area contributed by atoms with Gasteiger partial charge in [0, 0.05) is 113 Å². The molecular weight excluding hydrogens is 1020 g/mol. The molecule has 19 heteroatoms. The van der Waals surface area contributed by atoms with Crippen LogP contribution in [0.2, 0.25) is 0 Å². The highest BCUT2D eigenvalue weighted by Crippen LogP contribution is 2.60. The van der Waals surface area contributed by atoms with Crippen LogP contribution in [0.4, 0.5) is 47.3 Å². The van der Waals surface area contributed by atoms with Crippen LogP contribution in [0.15, 0.2) is 120 Å². The normalized spacial score (nSPS) is 24.7. The second-order valence-electron chi connectivity index (χ2n) is 22.4. The van der Waals surface area contributed by atoms with Crippen molar-refractivity contribution in [2.75, 3.05) is 88.3 Å². The largest absolute Gasteiger partial charge is 0.444 e. The molecule has 4 aliphatic heterocycles. The second-order valence-corrected chi connectivity index (χ2v) is 23.7. The van der Waals surface area contributed by atoms with Gasteiger partial charge >= 0.3 is 24.5 Å². The number of para-hydroxylation sites is 2. The van der Waals surface area contributed by atoms with Crippen molar-refractivity contribution in [2.24, 2.45) is 0 Å². The number of allylic oxidation sites excluding steroid dienone is 8. The van der Waals surface area contributed by atoms with Gasteiger partial charge in [-0.15, -0.1) is 11.8 Å². The lowest BCUT2D eigenvalue weighted by Gasteiger charge is -2.47. The maximum atomic E-state index is 17.0. The molecule has 4 fully saturated rings. The van der Waals surface area contributed by atoms with Crippen LogP contribution in [0.3, 0.4) is 0 Å². The molecule has 2 aromatic rings. The Morgan fingerprint density at radius 2 is 0.831 bits per heavy atom. The number of nitrogens with zero attached hydrogens (tertiary/aromatic N) is 6. The maximum absolute atomic E-state index is 17.0. The summed E-state index contributed by atoms with van der Waals surface area (Å²) >= 11 is 0.588. The molecule has 4 unspecified atom stereocenters. The van der Waals surface area contributed by atoms with Gasteiger partial charge in [-0.1, -0.05) is 72.9 Å². The van der Waals surface area contributed by atoms with Crippen molar-refractivity contribution in [3.8, 4) is 0 Å². The standard InChI is InChI=1S/C58H70F6N6O6S/c1-53(2,3)75-51(73)69-35-31-67(32-36-69)49(71)25-21-41-19-23-47(55(39-41,57(59,60)61)43-15-7-9-17-45(43)65-27-11-12-28-65)77-48-24-20-42(22-26-50(72)68-33-37-70(38-34-68)52(74)76-54(4,5)6)40-56(48,58(62,63)64)44-16-8-10-18-46(44)66-29-13-14-30-66/h7-10,15-26,39-40,47-48H,11-14,27-38H2,1-6H3. The lowest BCUT2D eigenvalue weighted by atomic mass is 9.71. The van der Waals surface area contributed by atoms with Crippen molar-refractivity contribution in [1.82, 2.24) is 19.6 Å². The van der Waals surface area contributed by atoms with Crippen LogP contribution in [0.1, 0.15) is 78.4 Å². The van der Waals surface area contributed by atoms with E-state index in [0.717, 1.165) is 37.8 Å². The number of rotatable bonds is 10. The quantitative estimate of drug-likeness (QED) is 0.170. The van der Waals surface area contributed by atoms with Crippen LogP contribution in [0, 0.1) is 0 Å². The van der Waals surface area contributed by atoms with E-state index in [9.17, 15) is 19.2 Å². The van der Waals surface area contributed by atoms with Gasteiger partial charge in [0.15, 0.2) is 0 Å². The average molecular weight is 1090 g/mol. The number of piperazine rings is 2. The van der Waals surface area contributed by atoms with Crippen molar-refractivity contribution in [3.05, 3.63) is 132 Å². The lowest BCUT2D eigenvalue weighted by Crippen LogP contribution is -2.54. The van der Waals surface area contributed by atoms with Crippen molar-refractivity contribution < 1.29 is 55.0 Å². The number of hydrogen-bond acceptors (Lipinski definition) is 9. The molecule has 4 heterocycles. The molecule has 2 aromatic carbocycles. The van der Waals surface area contributed by atoms with Gasteiger partial charge in [-0.2, -0.15) is 26.3 Å². The zero-order valence-electron chi connectivity index (χ0n) is 44.7. The molecule has 0 spiro atoms. The molecule has 4 atom stereocenters. The molecule has 4 amide bonds. The summed E-state index contributed by atoms with van der Waals surface area (Å²) < 4.78 is 113. The van der Waals surface area contributed by atoms with Crippen molar-refractivity contribution in [2.45, 2.75) is 112 Å². The third-order valence-corrected chi connectivity index (χ3v) is 16.4. The van der Waals surface area contributed by atoms with E-state index >= 15 is 26.3 Å². The predicted octanol–water partition coefficient (Wildman–Crippen LogP) is 10.9. The number of ether oxygens (including phenoxy) is 2. The topological polar surface area (TPSA) is 106 Å². The van der Waals surface area contributed by atoms with Crippen LogP contribution >= 0.6 is 11.8 Å². The second kappa shape index (κ2) is 22.7. The molecule has 0 N–H and O–H groups in total. The number of thioether (sulfide) groups is 1. The third-order valence-electron chi connectivity index (χ3n) is 14.8. The minimum absolute atomic E-state index is 0.0417. The van der Waals surface area contributed by atoms with Gasteiger partial charge in [0.1, 0.15) is 22.0 Å². The van der Waals surface area contributed by atoms with E-state index in [-0.39, 0.29) is 74.6 Å². The van der Waals surface area contributed by atoms with E-state index in [0.29, 0.717) is 49.3 Å². The molecular formula is C58H70F6N6O6S. The fourth-order valence-electron chi connectivity index (χ4n) is 10.9. The van der Waals surface area contributed by atoms with Crippen molar-refractivity contribution in [1.29, 1.82) is 0 Å². The highest BCUT2D eigenvalue weighted by Gasteiger charge is 2.65. The maximum Gasteiger partial charge on any atom is 0.410 e. The smallest absolute Gasteiger partial charge is 0.410 e. The Kier molecular flexibility index (Phi) is 16.8. The molecule has 6 aliphatic rings. The highest BCUT2D eigenvalue weighted by molar-refractivity contribution is 8.01. The van der Waals surface area contributed by atoms with Crippen molar-refractivity contribution >= 4 is 47.1 Å². The molecule has 0 saturated carbocycles. The van der Waals surface area contributed by atoms with E-state index < -0.39 is 68.9 Å². The van der Waals surface area contributed by atoms with Gasteiger partial charge in [-0.25, -0.2) is 9.59 Å². The first kappa shape index (κ1) is 57.1. The molecule has 12 nitrogen and oxygen atoms in total. The summed E-state index contributed by atoms with van der Waals surface area (Å²) in [5.74, 6) is -0.958. The summed E-state index contributed by atoms with van der Waals surface area (Å²) in [4.78, 5) is 62.5. The van der Waals surface area contributed by atoms with Crippen LogP contribution in [-0.4, -0.2) is 156 Å². The summed E-state index contributed by atoms with van der Waals surface area (Å²) in [6.07, 6.45) is 4.45. The Morgan fingerprint density at radius 3 is 1.16 bits per heavy atom. The first-order valence-electron chi connectivity index (χ1n) is 26.5. The highest BCUT2D eigenvalue weighted by atomic mass is 32.2. The zero-order valence-corrected chi connectivity index (χ0v) is 45.5. The van der Waals surface area contributed by atoms with E-state index in [1.165, 1.54) is 92.5 Å². The fraction of sp³-hybridized carbons (Fsp3) is 0.517. The summed E-state index contributed by atoms with van der Waals surface area (Å²) in [7, 11) is 0. The molecule has 8 rings (SSSR count). The molecule has 77 heavy (non-hydrogen) atoms. The summed E-state index contributed by atoms with van der Waals surface area (Å²) in [5.41, 5.74) is -6.78. The summed E-state index contributed by atoms with van der Waals surface area (Å²) in [6, 6.07) is 12.4. The Hall–Kier alpha value is -6.11. The summed E-state index contributed by atoms with van der Waals surface area (Å²) in [5, 5.41) is -3.36. The zero-order chi connectivity index (χ0) is 55.6. The molecule has 0 radical (unpaired) electrons. The van der Waals surface area contributed by atoms with Crippen LogP contribution in [0.25, 0.3) is 0 Å². The Labute approximate surface area is 452 Å². The van der Waals surface area contributed by atoms with Gasteiger partial charge in [0.2, 0.25) is 11.8 Å². The van der Waals surface area contributed by atoms with Gasteiger partial charge in [0.25, 0.3) is 0 Å². The average Bonchev–Trinajstić information content (AvgIpc) is 4.20. The number of benzene rings is 2. The number of alkyl halides is 6. The van der Waals surface area contributed by atoms with Gasteiger partial charge in [0.05, 0.1) is 0 Å². The molecule has 0 bridgehead atoms. The Balaban J connectivity index is 1.17. The minimum Gasteiger partial charge on any atom is -0.444 e. The number of anilines is 2. The first-order valence-corrected chi connectivity index (χ1v) is 27.4. The third kappa shape index (κ3) is 12.6. The SMILES string of the molecule is CC(C)(C)OC(=O)N1CCN(C(=O)C=CC2=CC(c3ccccc3N3CCCC3)(C(F)(F)F)C(SC3C=CC(C=CC(=O)N4CCN(C(=O)OC(C)(C)C)CC4)=CC3(c3ccccc3N3CCCC3)C(F)(F)F)C=C2)CC1. The number of halogens is 6. The Morgan fingerprint density at radius 1 is 0.506 bits per heavy atom. The lowest BCUT2D eigenvalue weighted by molar-refractivity contribution is -0.175.